The Labute approximate surface area is 121 Å². The van der Waals surface area contributed by atoms with Crippen molar-refractivity contribution in [1.29, 1.82) is 0 Å². The van der Waals surface area contributed by atoms with Crippen molar-refractivity contribution in [3.8, 4) is 0 Å². The van der Waals surface area contributed by atoms with E-state index in [1.54, 1.807) is 31.2 Å². The summed E-state index contributed by atoms with van der Waals surface area (Å²) in [5, 5.41) is 17.7. The van der Waals surface area contributed by atoms with Crippen LogP contribution in [0.25, 0.3) is 0 Å². The van der Waals surface area contributed by atoms with Gasteiger partial charge in [-0.3, -0.25) is 5.10 Å². The summed E-state index contributed by atoms with van der Waals surface area (Å²) in [5.41, 5.74) is 7.22. The molecule has 2 aromatic rings. The van der Waals surface area contributed by atoms with Gasteiger partial charge in [0.15, 0.2) is 5.84 Å². The average molecular weight is 309 g/mol. The number of oxime groups is 1. The van der Waals surface area contributed by atoms with Crippen molar-refractivity contribution in [2.45, 2.75) is 18.4 Å². The third kappa shape index (κ3) is 3.38. The lowest BCUT2D eigenvalue weighted by molar-refractivity contribution is 0.318. The van der Waals surface area contributed by atoms with E-state index in [1.807, 2.05) is 0 Å². The van der Waals surface area contributed by atoms with Gasteiger partial charge in [0.25, 0.3) is 0 Å². The number of aromatic nitrogens is 2. The Bertz CT molecular complexity index is 749. The van der Waals surface area contributed by atoms with Gasteiger partial charge in [-0.15, -0.1) is 0 Å². The van der Waals surface area contributed by atoms with Crippen molar-refractivity contribution < 1.29 is 13.6 Å². The van der Waals surface area contributed by atoms with Gasteiger partial charge in [0.1, 0.15) is 4.90 Å². The molecule has 0 atom stereocenters. The van der Waals surface area contributed by atoms with E-state index in [0.29, 0.717) is 11.3 Å². The number of hydrogen-bond donors (Lipinski definition) is 4. The van der Waals surface area contributed by atoms with Crippen molar-refractivity contribution >= 4 is 15.9 Å². The molecule has 0 aliphatic carbocycles. The molecular formula is C12H15N5O3S. The van der Waals surface area contributed by atoms with E-state index in [-0.39, 0.29) is 17.3 Å². The zero-order valence-electron chi connectivity index (χ0n) is 11.2. The Hall–Kier alpha value is -2.39. The molecule has 112 valence electrons. The maximum Gasteiger partial charge on any atom is 0.244 e. The summed E-state index contributed by atoms with van der Waals surface area (Å²) in [6, 6.07) is 6.67. The van der Waals surface area contributed by atoms with E-state index >= 15 is 0 Å². The lowest BCUT2D eigenvalue weighted by Gasteiger charge is -2.06. The summed E-state index contributed by atoms with van der Waals surface area (Å²) < 4.78 is 26.6. The maximum absolute atomic E-state index is 12.1. The highest BCUT2D eigenvalue weighted by atomic mass is 32.2. The molecule has 0 amide bonds. The highest BCUT2D eigenvalue weighted by Gasteiger charge is 2.17. The summed E-state index contributed by atoms with van der Waals surface area (Å²) in [6.45, 7) is 1.76. The Morgan fingerprint density at radius 1 is 1.43 bits per heavy atom. The lowest BCUT2D eigenvalue weighted by atomic mass is 10.1. The molecule has 0 fully saturated rings. The van der Waals surface area contributed by atoms with Gasteiger partial charge < -0.3 is 10.9 Å². The Morgan fingerprint density at radius 3 is 2.62 bits per heavy atom. The van der Waals surface area contributed by atoms with Gasteiger partial charge in [-0.05, 0) is 12.5 Å². The number of nitrogens with zero attached hydrogens (tertiary/aromatic N) is 2. The summed E-state index contributed by atoms with van der Waals surface area (Å²) in [6.07, 6.45) is 1.26. The van der Waals surface area contributed by atoms with Crippen molar-refractivity contribution in [2.75, 3.05) is 0 Å². The zero-order chi connectivity index (χ0) is 15.5. The van der Waals surface area contributed by atoms with Gasteiger partial charge in [0.05, 0.1) is 11.9 Å². The van der Waals surface area contributed by atoms with E-state index in [9.17, 15) is 8.42 Å². The van der Waals surface area contributed by atoms with Crippen LogP contribution in [0.3, 0.4) is 0 Å². The van der Waals surface area contributed by atoms with E-state index < -0.39 is 10.0 Å². The third-order valence-electron chi connectivity index (χ3n) is 2.90. The lowest BCUT2D eigenvalue weighted by Crippen LogP contribution is -2.23. The SMILES string of the molecule is Cc1[nH]ncc1S(=O)(=O)NCc1ccc(C(N)=NO)cc1. The smallest absolute Gasteiger partial charge is 0.244 e. The number of H-pyrrole nitrogens is 1. The molecule has 0 aliphatic rings. The molecule has 8 nitrogen and oxygen atoms in total. The third-order valence-corrected chi connectivity index (χ3v) is 4.41. The molecule has 9 heteroatoms. The van der Waals surface area contributed by atoms with Crippen molar-refractivity contribution in [3.63, 3.8) is 0 Å². The second kappa shape index (κ2) is 5.94. The van der Waals surface area contributed by atoms with E-state index in [2.05, 4.69) is 20.1 Å². The normalized spacial score (nSPS) is 12.5. The number of aryl methyl sites for hydroxylation is 1. The topological polar surface area (TPSA) is 133 Å². The minimum Gasteiger partial charge on any atom is -0.409 e. The van der Waals surface area contributed by atoms with Crippen molar-refractivity contribution in [1.82, 2.24) is 14.9 Å². The van der Waals surface area contributed by atoms with Gasteiger partial charge in [0, 0.05) is 12.1 Å². The highest BCUT2D eigenvalue weighted by Crippen LogP contribution is 2.12. The van der Waals surface area contributed by atoms with Gasteiger partial charge >= 0.3 is 0 Å². The molecule has 21 heavy (non-hydrogen) atoms. The van der Waals surface area contributed by atoms with Crippen LogP contribution in [0.4, 0.5) is 0 Å². The van der Waals surface area contributed by atoms with Crippen molar-refractivity contribution in [2.24, 2.45) is 10.9 Å². The summed E-state index contributed by atoms with van der Waals surface area (Å²) in [4.78, 5) is 0.121. The van der Waals surface area contributed by atoms with Crippen molar-refractivity contribution in [3.05, 3.63) is 47.3 Å². The monoisotopic (exact) mass is 309 g/mol. The molecule has 0 saturated heterocycles. The molecule has 0 saturated carbocycles. The Balaban J connectivity index is 2.08. The van der Waals surface area contributed by atoms with Crippen LogP contribution in [-0.2, 0) is 16.6 Å². The highest BCUT2D eigenvalue weighted by molar-refractivity contribution is 7.89. The predicted molar refractivity (Wildman–Crippen MR) is 76.3 cm³/mol. The van der Waals surface area contributed by atoms with Crippen LogP contribution in [0, 0.1) is 6.92 Å². The Morgan fingerprint density at radius 2 is 2.10 bits per heavy atom. The van der Waals surface area contributed by atoms with E-state index in [1.165, 1.54) is 6.20 Å². The fourth-order valence-electron chi connectivity index (χ4n) is 1.72. The molecule has 0 unspecified atom stereocenters. The number of nitrogens with one attached hydrogen (secondary N) is 2. The first-order valence-electron chi connectivity index (χ1n) is 6.00. The first-order valence-corrected chi connectivity index (χ1v) is 7.49. The fraction of sp³-hybridized carbons (Fsp3) is 0.167. The minimum atomic E-state index is -3.61. The molecule has 1 aromatic carbocycles. The molecule has 5 N–H and O–H groups in total. The predicted octanol–water partition coefficient (Wildman–Crippen LogP) is 0.291. The standard InChI is InChI=1S/C12H15N5O3S/c1-8-11(7-14-16-8)21(19,20)15-6-9-2-4-10(5-3-9)12(13)17-18/h2-5,7,15,18H,6H2,1H3,(H2,13,17)(H,14,16). The van der Waals surface area contributed by atoms with Gasteiger partial charge in [-0.1, -0.05) is 29.4 Å². The molecule has 0 bridgehead atoms. The number of amidine groups is 1. The molecule has 2 rings (SSSR count). The van der Waals surface area contributed by atoms with Gasteiger partial charge in [-0.2, -0.15) is 5.10 Å². The first-order chi connectivity index (χ1) is 9.94. The zero-order valence-corrected chi connectivity index (χ0v) is 12.1. The van der Waals surface area contributed by atoms with Gasteiger partial charge in [-0.25, -0.2) is 13.1 Å². The van der Waals surface area contributed by atoms with Crippen LogP contribution in [0.1, 0.15) is 16.8 Å². The number of sulfonamides is 1. The van der Waals surface area contributed by atoms with Crippen LogP contribution >= 0.6 is 0 Å². The molecule has 1 aromatic heterocycles. The molecule has 0 aliphatic heterocycles. The quantitative estimate of drug-likeness (QED) is 0.273. The second-order valence-electron chi connectivity index (χ2n) is 4.37. The van der Waals surface area contributed by atoms with E-state index in [0.717, 1.165) is 5.56 Å². The van der Waals surface area contributed by atoms with E-state index in [4.69, 9.17) is 10.9 Å². The van der Waals surface area contributed by atoms with Crippen LogP contribution in [0.5, 0.6) is 0 Å². The van der Waals surface area contributed by atoms with Crippen LogP contribution < -0.4 is 10.5 Å². The Kier molecular flexibility index (Phi) is 4.24. The molecule has 1 heterocycles. The average Bonchev–Trinajstić information content (AvgIpc) is 2.92. The molecule has 0 spiro atoms. The minimum absolute atomic E-state index is 0.00356. The summed E-state index contributed by atoms with van der Waals surface area (Å²) in [7, 11) is -3.61. The summed E-state index contributed by atoms with van der Waals surface area (Å²) >= 11 is 0. The number of hydrogen-bond acceptors (Lipinski definition) is 5. The maximum atomic E-state index is 12.1. The number of aromatic amines is 1. The van der Waals surface area contributed by atoms with Crippen LogP contribution in [0.15, 0.2) is 40.5 Å². The summed E-state index contributed by atoms with van der Waals surface area (Å²) in [5.74, 6) is -0.00356. The number of nitrogens with two attached hydrogens (primary N) is 1. The van der Waals surface area contributed by atoms with Gasteiger partial charge in [0.2, 0.25) is 10.0 Å². The van der Waals surface area contributed by atoms with Crippen LogP contribution in [-0.4, -0.2) is 29.7 Å². The van der Waals surface area contributed by atoms with Crippen LogP contribution in [0.2, 0.25) is 0 Å². The fourth-order valence-corrected chi connectivity index (χ4v) is 2.87. The molecule has 0 radical (unpaired) electrons. The largest absolute Gasteiger partial charge is 0.409 e. The first kappa shape index (κ1) is 15.0. The number of benzene rings is 1. The number of rotatable bonds is 5. The second-order valence-corrected chi connectivity index (χ2v) is 6.10. The molecular weight excluding hydrogens is 294 g/mol.